The Bertz CT molecular complexity index is 462. The average molecular weight is 231 g/mol. The van der Waals surface area contributed by atoms with E-state index in [1.165, 1.54) is 4.90 Å². The first-order valence-electron chi connectivity index (χ1n) is 5.83. The number of aliphatic hydroxyl groups is 1. The largest absolute Gasteiger partial charge is 0.393 e. The fourth-order valence-corrected chi connectivity index (χ4v) is 2.71. The lowest BCUT2D eigenvalue weighted by molar-refractivity contribution is 0.0575. The zero-order chi connectivity index (χ0) is 12.0. The minimum atomic E-state index is -0.385. The Morgan fingerprint density at radius 3 is 2.12 bits per heavy atom. The number of hydrogen-bond acceptors (Lipinski definition) is 3. The highest BCUT2D eigenvalue weighted by Gasteiger charge is 2.41. The van der Waals surface area contributed by atoms with E-state index in [4.69, 9.17) is 0 Å². The van der Waals surface area contributed by atoms with Gasteiger partial charge < -0.3 is 5.11 Å². The molecule has 0 bridgehead atoms. The number of benzene rings is 1. The first kappa shape index (κ1) is 10.5. The molecule has 1 saturated carbocycles. The van der Waals surface area contributed by atoms with Gasteiger partial charge in [0.1, 0.15) is 0 Å². The lowest BCUT2D eigenvalue weighted by Crippen LogP contribution is -2.38. The molecule has 2 atom stereocenters. The van der Waals surface area contributed by atoms with Crippen molar-refractivity contribution in [3.63, 3.8) is 0 Å². The maximum Gasteiger partial charge on any atom is 0.261 e. The maximum absolute atomic E-state index is 12.1. The van der Waals surface area contributed by atoms with Crippen LogP contribution in [0.25, 0.3) is 0 Å². The van der Waals surface area contributed by atoms with Crippen LogP contribution in [0.15, 0.2) is 24.3 Å². The molecule has 0 radical (unpaired) electrons. The highest BCUT2D eigenvalue weighted by atomic mass is 16.3. The molecule has 1 N–H and O–H groups in total. The smallest absolute Gasteiger partial charge is 0.261 e. The molecule has 2 unspecified atom stereocenters. The molecule has 1 aromatic carbocycles. The van der Waals surface area contributed by atoms with Gasteiger partial charge in [0, 0.05) is 6.04 Å². The summed E-state index contributed by atoms with van der Waals surface area (Å²) >= 11 is 0. The highest BCUT2D eigenvalue weighted by Crippen LogP contribution is 2.31. The van der Waals surface area contributed by atoms with E-state index in [1.807, 2.05) is 0 Å². The number of aliphatic hydroxyl groups excluding tert-OH is 1. The summed E-state index contributed by atoms with van der Waals surface area (Å²) in [6.45, 7) is 0. The Kier molecular flexibility index (Phi) is 2.26. The van der Waals surface area contributed by atoms with Gasteiger partial charge in [0.25, 0.3) is 11.8 Å². The molecule has 4 nitrogen and oxygen atoms in total. The Morgan fingerprint density at radius 2 is 1.65 bits per heavy atom. The van der Waals surface area contributed by atoms with Crippen molar-refractivity contribution in [3.05, 3.63) is 35.4 Å². The summed E-state index contributed by atoms with van der Waals surface area (Å²) in [6.07, 6.45) is 1.49. The molecule has 88 valence electrons. The van der Waals surface area contributed by atoms with Crippen LogP contribution in [0.1, 0.15) is 40.0 Å². The Morgan fingerprint density at radius 1 is 1.06 bits per heavy atom. The van der Waals surface area contributed by atoms with E-state index in [9.17, 15) is 14.7 Å². The number of hydrogen-bond donors (Lipinski definition) is 1. The van der Waals surface area contributed by atoms with Crippen molar-refractivity contribution < 1.29 is 14.7 Å². The first-order chi connectivity index (χ1) is 8.18. The van der Waals surface area contributed by atoms with E-state index in [0.717, 1.165) is 0 Å². The molecule has 1 aromatic rings. The average Bonchev–Trinajstić information content (AvgIpc) is 2.84. The number of nitrogens with zero attached hydrogens (tertiary/aromatic N) is 1. The molecule has 0 aromatic heterocycles. The van der Waals surface area contributed by atoms with Crippen LogP contribution in [-0.4, -0.2) is 34.0 Å². The van der Waals surface area contributed by atoms with E-state index >= 15 is 0 Å². The summed E-state index contributed by atoms with van der Waals surface area (Å²) in [4.78, 5) is 25.6. The molecule has 1 aliphatic carbocycles. The molecule has 2 aliphatic rings. The fourth-order valence-electron chi connectivity index (χ4n) is 2.71. The molecule has 1 aliphatic heterocycles. The number of fused-ring (bicyclic) bond motifs is 1. The van der Waals surface area contributed by atoms with Crippen molar-refractivity contribution in [1.82, 2.24) is 4.90 Å². The maximum atomic E-state index is 12.1. The molecular formula is C13H13NO3. The van der Waals surface area contributed by atoms with Crippen molar-refractivity contribution in [3.8, 4) is 0 Å². The molecule has 0 saturated heterocycles. The van der Waals surface area contributed by atoms with Crippen molar-refractivity contribution in [2.45, 2.75) is 31.4 Å². The van der Waals surface area contributed by atoms with Crippen LogP contribution in [0.5, 0.6) is 0 Å². The number of rotatable bonds is 1. The zero-order valence-corrected chi connectivity index (χ0v) is 9.30. The van der Waals surface area contributed by atoms with Crippen LogP contribution in [-0.2, 0) is 0 Å². The van der Waals surface area contributed by atoms with Crippen molar-refractivity contribution in [2.75, 3.05) is 0 Å². The van der Waals surface area contributed by atoms with E-state index in [1.54, 1.807) is 24.3 Å². The molecule has 1 fully saturated rings. The van der Waals surface area contributed by atoms with Gasteiger partial charge in [-0.2, -0.15) is 0 Å². The van der Waals surface area contributed by atoms with Gasteiger partial charge in [-0.25, -0.2) is 0 Å². The predicted octanol–water partition coefficient (Wildman–Crippen LogP) is 1.20. The van der Waals surface area contributed by atoms with Crippen LogP contribution >= 0.6 is 0 Å². The molecule has 17 heavy (non-hydrogen) atoms. The van der Waals surface area contributed by atoms with Crippen molar-refractivity contribution in [1.29, 1.82) is 0 Å². The number of amides is 2. The van der Waals surface area contributed by atoms with Gasteiger partial charge in [-0.15, -0.1) is 0 Å². The quantitative estimate of drug-likeness (QED) is 0.739. The van der Waals surface area contributed by atoms with E-state index < -0.39 is 0 Å². The summed E-state index contributed by atoms with van der Waals surface area (Å²) < 4.78 is 0. The summed E-state index contributed by atoms with van der Waals surface area (Å²) in [7, 11) is 0. The molecular weight excluding hydrogens is 218 g/mol. The van der Waals surface area contributed by atoms with Crippen LogP contribution in [0, 0.1) is 0 Å². The van der Waals surface area contributed by atoms with Gasteiger partial charge in [-0.1, -0.05) is 12.1 Å². The van der Waals surface area contributed by atoms with Gasteiger partial charge >= 0.3 is 0 Å². The first-order valence-corrected chi connectivity index (χ1v) is 5.83. The Labute approximate surface area is 98.9 Å². The number of imide groups is 1. The summed E-state index contributed by atoms with van der Waals surface area (Å²) in [5.74, 6) is -0.436. The lowest BCUT2D eigenvalue weighted by Gasteiger charge is -2.21. The van der Waals surface area contributed by atoms with Crippen molar-refractivity contribution >= 4 is 11.8 Å². The van der Waals surface area contributed by atoms with Gasteiger partial charge in [-0.3, -0.25) is 14.5 Å². The lowest BCUT2D eigenvalue weighted by atomic mass is 10.1. The van der Waals surface area contributed by atoms with Gasteiger partial charge in [0.05, 0.1) is 17.2 Å². The van der Waals surface area contributed by atoms with Crippen molar-refractivity contribution in [2.24, 2.45) is 0 Å². The second kappa shape index (κ2) is 3.67. The Balaban J connectivity index is 1.95. The SMILES string of the molecule is O=C1c2ccccc2C(=O)N1C1CCC(O)C1. The molecule has 0 spiro atoms. The molecule has 4 heteroatoms. The monoisotopic (exact) mass is 231 g/mol. The second-order valence-corrected chi connectivity index (χ2v) is 4.65. The zero-order valence-electron chi connectivity index (χ0n) is 9.30. The standard InChI is InChI=1S/C13H13NO3/c15-9-6-5-8(7-9)14-12(16)10-3-1-2-4-11(10)13(14)17/h1-4,8-9,15H,5-7H2. The van der Waals surface area contributed by atoms with E-state index in [-0.39, 0.29) is 24.0 Å². The van der Waals surface area contributed by atoms with Gasteiger partial charge in [0.2, 0.25) is 0 Å². The molecule has 3 rings (SSSR count). The summed E-state index contributed by atoms with van der Waals surface area (Å²) in [6, 6.07) is 6.74. The van der Waals surface area contributed by atoms with Crippen LogP contribution in [0.4, 0.5) is 0 Å². The minimum absolute atomic E-state index is 0.141. The van der Waals surface area contributed by atoms with Crippen LogP contribution < -0.4 is 0 Å². The fraction of sp³-hybridized carbons (Fsp3) is 0.385. The van der Waals surface area contributed by atoms with Crippen LogP contribution in [0.2, 0.25) is 0 Å². The Hall–Kier alpha value is -1.68. The number of carbonyl (C=O) groups excluding carboxylic acids is 2. The second-order valence-electron chi connectivity index (χ2n) is 4.65. The highest BCUT2D eigenvalue weighted by molar-refractivity contribution is 6.21. The van der Waals surface area contributed by atoms with E-state index in [2.05, 4.69) is 0 Å². The van der Waals surface area contributed by atoms with Gasteiger partial charge in [-0.05, 0) is 31.4 Å². The van der Waals surface area contributed by atoms with Crippen LogP contribution in [0.3, 0.4) is 0 Å². The third kappa shape index (κ3) is 1.48. The summed E-state index contributed by atoms with van der Waals surface area (Å²) in [5.41, 5.74) is 0.970. The summed E-state index contributed by atoms with van der Waals surface area (Å²) in [5, 5.41) is 9.50. The van der Waals surface area contributed by atoms with Gasteiger partial charge in [0.15, 0.2) is 0 Å². The minimum Gasteiger partial charge on any atom is -0.393 e. The topological polar surface area (TPSA) is 57.6 Å². The normalized spacial score (nSPS) is 27.7. The number of carbonyl (C=O) groups is 2. The van der Waals surface area contributed by atoms with E-state index in [0.29, 0.717) is 30.4 Å². The third-order valence-corrected chi connectivity index (χ3v) is 3.57. The predicted molar refractivity (Wildman–Crippen MR) is 60.6 cm³/mol. The third-order valence-electron chi connectivity index (χ3n) is 3.57. The molecule has 1 heterocycles. The molecule has 2 amide bonds.